The third kappa shape index (κ3) is 3.25. The summed E-state index contributed by atoms with van der Waals surface area (Å²) in [4.78, 5) is 0. The van der Waals surface area contributed by atoms with Crippen LogP contribution in [-0.2, 0) is 5.41 Å². The molecule has 1 aromatic carbocycles. The van der Waals surface area contributed by atoms with Gasteiger partial charge in [-0.1, -0.05) is 53.2 Å². The Labute approximate surface area is 106 Å². The highest BCUT2D eigenvalue weighted by Crippen LogP contribution is 2.34. The van der Waals surface area contributed by atoms with Crippen LogP contribution in [0.15, 0.2) is 30.3 Å². The zero-order chi connectivity index (χ0) is 11.1. The van der Waals surface area contributed by atoms with Crippen LogP contribution in [0.25, 0.3) is 0 Å². The molecule has 0 amide bonds. The minimum atomic E-state index is 0.324. The minimum absolute atomic E-state index is 0.324. The molecule has 1 atom stereocenters. The molecule has 0 fully saturated rings. The first-order valence-electron chi connectivity index (χ1n) is 5.39. The molecule has 0 bridgehead atoms. The van der Waals surface area contributed by atoms with Crippen LogP contribution in [0.1, 0.15) is 25.3 Å². The van der Waals surface area contributed by atoms with Crippen molar-refractivity contribution in [2.45, 2.75) is 25.2 Å². The van der Waals surface area contributed by atoms with Crippen molar-refractivity contribution in [1.82, 2.24) is 0 Å². The lowest BCUT2D eigenvalue weighted by Crippen LogP contribution is -2.28. The van der Waals surface area contributed by atoms with E-state index in [2.05, 4.69) is 59.4 Å². The summed E-state index contributed by atoms with van der Waals surface area (Å²) in [7, 11) is 0. The van der Waals surface area contributed by atoms with Gasteiger partial charge in [0.05, 0.1) is 0 Å². The quantitative estimate of drug-likeness (QED) is 0.695. The molecule has 1 rings (SSSR count). The Morgan fingerprint density at radius 2 is 1.93 bits per heavy atom. The molecular weight excluding hydrogens is 268 g/mol. The van der Waals surface area contributed by atoms with E-state index in [0.717, 1.165) is 5.33 Å². The molecule has 0 aliphatic rings. The Balaban J connectivity index is 2.89. The molecule has 2 heteroatoms. The van der Waals surface area contributed by atoms with Gasteiger partial charge in [-0.15, -0.1) is 0 Å². The second-order valence-electron chi connectivity index (χ2n) is 3.88. The normalized spacial score (nSPS) is 14.9. The van der Waals surface area contributed by atoms with Crippen molar-refractivity contribution in [3.8, 4) is 0 Å². The Kier molecular flexibility index (Phi) is 5.77. The Bertz CT molecular complexity index is 267. The van der Waals surface area contributed by atoms with Gasteiger partial charge in [-0.05, 0) is 30.4 Å². The maximum absolute atomic E-state index is 3.69. The van der Waals surface area contributed by atoms with Gasteiger partial charge in [-0.2, -0.15) is 11.8 Å². The summed E-state index contributed by atoms with van der Waals surface area (Å²) in [6.07, 6.45) is 4.63. The van der Waals surface area contributed by atoms with Crippen LogP contribution in [-0.4, -0.2) is 17.3 Å². The fourth-order valence-corrected chi connectivity index (χ4v) is 3.45. The van der Waals surface area contributed by atoms with Gasteiger partial charge >= 0.3 is 0 Å². The first-order valence-corrected chi connectivity index (χ1v) is 7.91. The molecule has 0 N–H and O–H groups in total. The van der Waals surface area contributed by atoms with E-state index < -0.39 is 0 Å². The molecule has 15 heavy (non-hydrogen) atoms. The van der Waals surface area contributed by atoms with Gasteiger partial charge in [0.15, 0.2) is 0 Å². The molecule has 0 radical (unpaired) electrons. The zero-order valence-electron chi connectivity index (χ0n) is 9.50. The summed E-state index contributed by atoms with van der Waals surface area (Å²) >= 11 is 5.62. The van der Waals surface area contributed by atoms with E-state index in [1.54, 1.807) is 0 Å². The molecule has 0 saturated carbocycles. The van der Waals surface area contributed by atoms with Gasteiger partial charge in [-0.3, -0.25) is 0 Å². The number of rotatable bonds is 6. The first-order chi connectivity index (χ1) is 7.29. The summed E-state index contributed by atoms with van der Waals surface area (Å²) < 4.78 is 0. The number of hydrogen-bond acceptors (Lipinski definition) is 1. The third-order valence-electron chi connectivity index (χ3n) is 3.10. The van der Waals surface area contributed by atoms with Crippen LogP contribution < -0.4 is 0 Å². The first kappa shape index (κ1) is 13.1. The highest BCUT2D eigenvalue weighted by Gasteiger charge is 2.28. The van der Waals surface area contributed by atoms with Crippen LogP contribution in [0, 0.1) is 0 Å². The Hall–Kier alpha value is 0.0500. The third-order valence-corrected chi connectivity index (χ3v) is 4.79. The summed E-state index contributed by atoms with van der Waals surface area (Å²) in [6.45, 7) is 2.29. The molecule has 0 aliphatic heterocycles. The fourth-order valence-electron chi connectivity index (χ4n) is 1.85. The van der Waals surface area contributed by atoms with E-state index in [9.17, 15) is 0 Å². The lowest BCUT2D eigenvalue weighted by molar-refractivity contribution is 0.455. The Morgan fingerprint density at radius 3 is 2.40 bits per heavy atom. The molecule has 0 nitrogen and oxygen atoms in total. The predicted molar refractivity (Wildman–Crippen MR) is 75.2 cm³/mol. The lowest BCUT2D eigenvalue weighted by atomic mass is 9.78. The van der Waals surface area contributed by atoms with Crippen LogP contribution in [0.3, 0.4) is 0 Å². The average Bonchev–Trinajstić information content (AvgIpc) is 2.33. The van der Waals surface area contributed by atoms with E-state index in [0.29, 0.717) is 5.41 Å². The zero-order valence-corrected chi connectivity index (χ0v) is 11.9. The summed E-state index contributed by atoms with van der Waals surface area (Å²) in [6, 6.07) is 10.9. The maximum atomic E-state index is 3.69. The molecule has 0 heterocycles. The van der Waals surface area contributed by atoms with Crippen LogP contribution in [0.2, 0.25) is 0 Å². The molecule has 0 saturated heterocycles. The van der Waals surface area contributed by atoms with Crippen molar-refractivity contribution in [1.29, 1.82) is 0 Å². The molecular formula is C13H19BrS. The van der Waals surface area contributed by atoms with Crippen LogP contribution in [0.5, 0.6) is 0 Å². The van der Waals surface area contributed by atoms with E-state index in [1.807, 2.05) is 11.8 Å². The van der Waals surface area contributed by atoms with Crippen molar-refractivity contribution in [2.75, 3.05) is 17.3 Å². The molecule has 0 spiro atoms. The summed E-state index contributed by atoms with van der Waals surface area (Å²) in [5.41, 5.74) is 1.79. The van der Waals surface area contributed by atoms with Gasteiger partial charge < -0.3 is 0 Å². The highest BCUT2D eigenvalue weighted by molar-refractivity contribution is 9.09. The Morgan fingerprint density at radius 1 is 1.27 bits per heavy atom. The molecule has 1 aromatic rings. The van der Waals surface area contributed by atoms with Gasteiger partial charge in [0.1, 0.15) is 0 Å². The van der Waals surface area contributed by atoms with Gasteiger partial charge in [0.2, 0.25) is 0 Å². The van der Waals surface area contributed by atoms with Gasteiger partial charge in [-0.25, -0.2) is 0 Å². The van der Waals surface area contributed by atoms with Crippen molar-refractivity contribution < 1.29 is 0 Å². The largest absolute Gasteiger partial charge is 0.165 e. The van der Waals surface area contributed by atoms with E-state index in [1.165, 1.54) is 24.2 Å². The van der Waals surface area contributed by atoms with Crippen LogP contribution in [0.4, 0.5) is 0 Å². The topological polar surface area (TPSA) is 0 Å². The van der Waals surface area contributed by atoms with E-state index in [-0.39, 0.29) is 0 Å². The minimum Gasteiger partial charge on any atom is -0.165 e. The monoisotopic (exact) mass is 286 g/mol. The molecule has 0 aromatic heterocycles. The maximum Gasteiger partial charge on any atom is 0.0129 e. The number of hydrogen-bond donors (Lipinski definition) is 0. The lowest BCUT2D eigenvalue weighted by Gasteiger charge is -2.31. The molecule has 84 valence electrons. The fraction of sp³-hybridized carbons (Fsp3) is 0.538. The highest BCUT2D eigenvalue weighted by atomic mass is 79.9. The van der Waals surface area contributed by atoms with E-state index >= 15 is 0 Å². The number of benzene rings is 1. The van der Waals surface area contributed by atoms with Crippen molar-refractivity contribution in [3.63, 3.8) is 0 Å². The van der Waals surface area contributed by atoms with Gasteiger partial charge in [0, 0.05) is 10.7 Å². The summed E-state index contributed by atoms with van der Waals surface area (Å²) in [5.74, 6) is 1.23. The predicted octanol–water partition coefficient (Wildman–Crippen LogP) is 4.48. The number of alkyl halides is 1. The smallest absolute Gasteiger partial charge is 0.0129 e. The SMILES string of the molecule is CCC(CBr)(CCSC)c1ccccc1. The van der Waals surface area contributed by atoms with Gasteiger partial charge in [0.25, 0.3) is 0 Å². The second-order valence-corrected chi connectivity index (χ2v) is 5.42. The van der Waals surface area contributed by atoms with Crippen LogP contribution >= 0.6 is 27.7 Å². The van der Waals surface area contributed by atoms with Crippen molar-refractivity contribution in [2.24, 2.45) is 0 Å². The standard InChI is InChI=1S/C13H19BrS/c1-3-13(11-14,9-10-15-2)12-7-5-4-6-8-12/h4-8H,3,9-11H2,1-2H3. The average molecular weight is 287 g/mol. The van der Waals surface area contributed by atoms with Crippen molar-refractivity contribution >= 4 is 27.7 Å². The molecule has 0 aliphatic carbocycles. The van der Waals surface area contributed by atoms with Crippen molar-refractivity contribution in [3.05, 3.63) is 35.9 Å². The number of halogens is 1. The second kappa shape index (κ2) is 6.59. The number of thioether (sulfide) groups is 1. The molecule has 1 unspecified atom stereocenters. The van der Waals surface area contributed by atoms with E-state index in [4.69, 9.17) is 0 Å². The summed E-state index contributed by atoms with van der Waals surface area (Å²) in [5, 5.41) is 1.06.